The molecular weight excluding hydrogens is 217 g/mol. The van der Waals surface area contributed by atoms with Gasteiger partial charge in [-0.3, -0.25) is 0 Å². The molecule has 17 heavy (non-hydrogen) atoms. The van der Waals surface area contributed by atoms with Crippen LogP contribution >= 0.6 is 0 Å². The molecule has 0 heterocycles. The molecule has 0 amide bonds. The van der Waals surface area contributed by atoms with Crippen LogP contribution in [0.3, 0.4) is 0 Å². The Morgan fingerprint density at radius 2 is 2.06 bits per heavy atom. The molecule has 4 heteroatoms. The van der Waals surface area contributed by atoms with Crippen molar-refractivity contribution in [1.29, 1.82) is 10.5 Å². The molecule has 0 radical (unpaired) electrons. The molecule has 0 fully saturated rings. The van der Waals surface area contributed by atoms with Crippen LogP contribution in [0.25, 0.3) is 0 Å². The lowest BCUT2D eigenvalue weighted by atomic mass is 9.96. The fourth-order valence-corrected chi connectivity index (χ4v) is 1.33. The maximum Gasteiger partial charge on any atom is 0.140 e. The molecule has 0 aliphatic heterocycles. The molecule has 0 bridgehead atoms. The van der Waals surface area contributed by atoms with Crippen LogP contribution < -0.4 is 5.32 Å². The number of hydrogen-bond acceptors (Lipinski definition) is 3. The number of benzene rings is 1. The lowest BCUT2D eigenvalue weighted by Crippen LogP contribution is -2.27. The number of rotatable bonds is 4. The van der Waals surface area contributed by atoms with E-state index < -0.39 is 11.2 Å². The maximum atomic E-state index is 13.1. The normalized spacial score (nSPS) is 10.6. The first-order valence-corrected chi connectivity index (χ1v) is 5.29. The van der Waals surface area contributed by atoms with E-state index in [1.165, 1.54) is 12.1 Å². The molecule has 1 aromatic carbocycles. The van der Waals surface area contributed by atoms with Gasteiger partial charge in [0.2, 0.25) is 0 Å². The van der Waals surface area contributed by atoms with E-state index in [1.54, 1.807) is 12.1 Å². The van der Waals surface area contributed by atoms with Gasteiger partial charge in [-0.2, -0.15) is 10.5 Å². The van der Waals surface area contributed by atoms with Gasteiger partial charge < -0.3 is 5.32 Å². The van der Waals surface area contributed by atoms with Crippen molar-refractivity contribution in [3.63, 3.8) is 0 Å². The van der Waals surface area contributed by atoms with Gasteiger partial charge in [0.15, 0.2) is 0 Å². The van der Waals surface area contributed by atoms with Crippen LogP contribution in [0.1, 0.15) is 25.0 Å². The average molecular weight is 231 g/mol. The Kier molecular flexibility index (Phi) is 4.20. The van der Waals surface area contributed by atoms with Crippen molar-refractivity contribution in [3.8, 4) is 12.1 Å². The molecule has 88 valence electrons. The summed E-state index contributed by atoms with van der Waals surface area (Å²) in [5, 5.41) is 20.6. The van der Waals surface area contributed by atoms with Gasteiger partial charge >= 0.3 is 0 Å². The van der Waals surface area contributed by atoms with E-state index >= 15 is 0 Å². The second kappa shape index (κ2) is 5.43. The van der Waals surface area contributed by atoms with Gasteiger partial charge in [-0.25, -0.2) is 4.39 Å². The highest BCUT2D eigenvalue weighted by Gasteiger charge is 2.15. The molecular formula is C13H14FN3. The van der Waals surface area contributed by atoms with E-state index in [9.17, 15) is 4.39 Å². The highest BCUT2D eigenvalue weighted by atomic mass is 19.1. The Morgan fingerprint density at radius 1 is 1.35 bits per heavy atom. The quantitative estimate of drug-likeness (QED) is 0.865. The molecule has 1 rings (SSSR count). The maximum absolute atomic E-state index is 13.1. The Hall–Kier alpha value is -1.91. The molecule has 0 saturated carbocycles. The second-order valence-corrected chi connectivity index (χ2v) is 4.53. The van der Waals surface area contributed by atoms with Crippen molar-refractivity contribution in [2.24, 2.45) is 5.41 Å². The molecule has 0 spiro atoms. The monoisotopic (exact) mass is 231 g/mol. The van der Waals surface area contributed by atoms with Crippen LogP contribution in [-0.2, 0) is 6.54 Å². The van der Waals surface area contributed by atoms with E-state index in [0.717, 1.165) is 5.56 Å². The van der Waals surface area contributed by atoms with Crippen LogP contribution in [0.15, 0.2) is 18.2 Å². The molecule has 0 aromatic heterocycles. The minimum atomic E-state index is -0.506. The van der Waals surface area contributed by atoms with Crippen molar-refractivity contribution in [2.45, 2.75) is 20.4 Å². The summed E-state index contributed by atoms with van der Waals surface area (Å²) in [5.41, 5.74) is 0.443. The summed E-state index contributed by atoms with van der Waals surface area (Å²) in [4.78, 5) is 0. The summed E-state index contributed by atoms with van der Waals surface area (Å²) in [6, 6.07) is 8.41. The molecule has 1 aromatic rings. The molecule has 0 aliphatic rings. The predicted octanol–water partition coefficient (Wildman–Crippen LogP) is 2.34. The second-order valence-electron chi connectivity index (χ2n) is 4.53. The first-order chi connectivity index (χ1) is 7.98. The number of hydrogen-bond donors (Lipinski definition) is 1. The standard InChI is InChI=1S/C13H14FN3/c1-13(2,8-16)9-17-7-10-3-4-12(14)11(5-10)6-15/h3-5,17H,7,9H2,1-2H3. The number of nitrogens with zero attached hydrogens (tertiary/aromatic N) is 2. The fraction of sp³-hybridized carbons (Fsp3) is 0.385. The molecule has 0 atom stereocenters. The summed E-state index contributed by atoms with van der Waals surface area (Å²) in [6.45, 7) is 4.74. The van der Waals surface area contributed by atoms with Gasteiger partial charge in [0.25, 0.3) is 0 Å². The van der Waals surface area contributed by atoms with Crippen molar-refractivity contribution < 1.29 is 4.39 Å². The van der Waals surface area contributed by atoms with Crippen LogP contribution in [0.5, 0.6) is 0 Å². The van der Waals surface area contributed by atoms with Gasteiger partial charge in [0.1, 0.15) is 11.9 Å². The van der Waals surface area contributed by atoms with Crippen molar-refractivity contribution in [3.05, 3.63) is 35.1 Å². The first-order valence-electron chi connectivity index (χ1n) is 5.29. The van der Waals surface area contributed by atoms with Gasteiger partial charge in [-0.15, -0.1) is 0 Å². The van der Waals surface area contributed by atoms with Crippen LogP contribution in [0.2, 0.25) is 0 Å². The van der Waals surface area contributed by atoms with Crippen molar-refractivity contribution in [1.82, 2.24) is 5.32 Å². The summed E-state index contributed by atoms with van der Waals surface area (Å²) >= 11 is 0. The molecule has 0 unspecified atom stereocenters. The third-order valence-electron chi connectivity index (χ3n) is 2.35. The minimum Gasteiger partial charge on any atom is -0.311 e. The Morgan fingerprint density at radius 3 is 2.65 bits per heavy atom. The lowest BCUT2D eigenvalue weighted by Gasteiger charge is -2.15. The average Bonchev–Trinajstić information content (AvgIpc) is 2.31. The summed E-state index contributed by atoms with van der Waals surface area (Å²) in [5.74, 6) is -0.506. The first kappa shape index (κ1) is 13.2. The van der Waals surface area contributed by atoms with Crippen LogP contribution in [0.4, 0.5) is 4.39 Å². The van der Waals surface area contributed by atoms with Gasteiger partial charge in [0.05, 0.1) is 17.0 Å². The van der Waals surface area contributed by atoms with Crippen LogP contribution in [0, 0.1) is 33.9 Å². The summed E-state index contributed by atoms with van der Waals surface area (Å²) in [7, 11) is 0. The number of halogens is 1. The van der Waals surface area contributed by atoms with Gasteiger partial charge in [0, 0.05) is 13.1 Å². The summed E-state index contributed by atoms with van der Waals surface area (Å²) < 4.78 is 13.1. The zero-order chi connectivity index (χ0) is 12.9. The largest absolute Gasteiger partial charge is 0.311 e. The zero-order valence-electron chi connectivity index (χ0n) is 9.92. The lowest BCUT2D eigenvalue weighted by molar-refractivity contribution is 0.445. The van der Waals surface area contributed by atoms with E-state index in [4.69, 9.17) is 10.5 Å². The van der Waals surface area contributed by atoms with E-state index in [-0.39, 0.29) is 5.56 Å². The fourth-order valence-electron chi connectivity index (χ4n) is 1.33. The summed E-state index contributed by atoms with van der Waals surface area (Å²) in [6.07, 6.45) is 0. The topological polar surface area (TPSA) is 59.6 Å². The number of nitriles is 2. The predicted molar refractivity (Wildman–Crippen MR) is 62.2 cm³/mol. The number of nitrogens with one attached hydrogen (secondary N) is 1. The van der Waals surface area contributed by atoms with Gasteiger partial charge in [-0.05, 0) is 31.5 Å². The zero-order valence-corrected chi connectivity index (χ0v) is 9.92. The van der Waals surface area contributed by atoms with Crippen molar-refractivity contribution in [2.75, 3.05) is 6.54 Å². The Labute approximate surface area is 100 Å². The van der Waals surface area contributed by atoms with E-state index in [1.807, 2.05) is 13.8 Å². The smallest absolute Gasteiger partial charge is 0.140 e. The molecule has 3 nitrogen and oxygen atoms in total. The van der Waals surface area contributed by atoms with E-state index in [0.29, 0.717) is 13.1 Å². The Balaban J connectivity index is 2.60. The molecule has 0 aliphatic carbocycles. The van der Waals surface area contributed by atoms with Crippen LogP contribution in [-0.4, -0.2) is 6.54 Å². The SMILES string of the molecule is CC(C)(C#N)CNCc1ccc(F)c(C#N)c1. The van der Waals surface area contributed by atoms with E-state index in [2.05, 4.69) is 11.4 Å². The van der Waals surface area contributed by atoms with Gasteiger partial charge in [-0.1, -0.05) is 6.07 Å². The highest BCUT2D eigenvalue weighted by Crippen LogP contribution is 2.12. The molecule has 0 saturated heterocycles. The van der Waals surface area contributed by atoms with Crippen molar-refractivity contribution >= 4 is 0 Å². The Bertz CT molecular complexity index is 480. The third kappa shape index (κ3) is 3.86. The minimum absolute atomic E-state index is 0.0452. The third-order valence-corrected chi connectivity index (χ3v) is 2.35. The molecule has 1 N–H and O–H groups in total. The highest BCUT2D eigenvalue weighted by molar-refractivity contribution is 5.34.